The summed E-state index contributed by atoms with van der Waals surface area (Å²) in [7, 11) is -4.46. The van der Waals surface area contributed by atoms with Crippen LogP contribution in [-0.4, -0.2) is 58.1 Å². The normalized spacial score (nSPS) is 13.0. The van der Waals surface area contributed by atoms with Gasteiger partial charge in [0.15, 0.2) is 0 Å². The molecule has 1 heterocycles. The Hall–Kier alpha value is -3.75. The van der Waals surface area contributed by atoms with Gasteiger partial charge in [0.2, 0.25) is 0 Å². The lowest BCUT2D eigenvalue weighted by molar-refractivity contribution is 0.159. The molecule has 230 valence electrons. The van der Waals surface area contributed by atoms with Gasteiger partial charge in [-0.1, -0.05) is 42.5 Å². The molecule has 0 amide bonds. The first-order chi connectivity index (χ1) is 20.3. The first-order valence-corrected chi connectivity index (χ1v) is 16.6. The van der Waals surface area contributed by atoms with Gasteiger partial charge in [0.05, 0.1) is 28.6 Å². The smallest absolute Gasteiger partial charge is 0.301 e. The van der Waals surface area contributed by atoms with E-state index in [1.165, 1.54) is 30.5 Å². The number of hydrogen-bond acceptors (Lipinski definition) is 7. The summed E-state index contributed by atoms with van der Waals surface area (Å²) in [5, 5.41) is 14.3. The average Bonchev–Trinajstić information content (AvgIpc) is 3.48. The molecule has 1 aromatic heterocycles. The van der Waals surface area contributed by atoms with Crippen molar-refractivity contribution in [1.82, 2.24) is 20.0 Å². The van der Waals surface area contributed by atoms with Gasteiger partial charge in [-0.2, -0.15) is 8.42 Å². The molecule has 0 aliphatic carbocycles. The fraction of sp³-hybridized carbons (Fsp3) is 0.300. The molecule has 4 aromatic rings. The van der Waals surface area contributed by atoms with Gasteiger partial charge in [0.25, 0.3) is 10.0 Å². The second-order valence-corrected chi connectivity index (χ2v) is 14.4. The molecule has 0 bridgehead atoms. The van der Waals surface area contributed by atoms with Gasteiger partial charge in [0, 0.05) is 38.3 Å². The topological polar surface area (TPSA) is 157 Å². The Morgan fingerprint density at radius 3 is 2.35 bits per heavy atom. The summed E-state index contributed by atoms with van der Waals surface area (Å²) in [5.74, 6) is 0.808. The Bertz CT molecular complexity index is 1720. The van der Waals surface area contributed by atoms with Gasteiger partial charge >= 0.3 is 10.2 Å². The van der Waals surface area contributed by atoms with Gasteiger partial charge in [-0.25, -0.2) is 18.1 Å². The maximum Gasteiger partial charge on any atom is 0.301 e. The van der Waals surface area contributed by atoms with Crippen LogP contribution in [0.4, 0.5) is 11.4 Å². The van der Waals surface area contributed by atoms with E-state index in [0.717, 1.165) is 23.5 Å². The number of aromatic nitrogens is 2. The third-order valence-electron chi connectivity index (χ3n) is 7.13. The molecule has 0 radical (unpaired) electrons. The number of nitrogens with zero attached hydrogens (tertiary/aromatic N) is 2. The molecule has 1 atom stereocenters. The number of β-amino-alcohol motifs (C(OH)–C–C–N with tert-alkyl or cyclic N) is 1. The zero-order valence-electron chi connectivity index (χ0n) is 24.6. The van der Waals surface area contributed by atoms with Crippen LogP contribution in [-0.2, 0) is 26.7 Å². The summed E-state index contributed by atoms with van der Waals surface area (Å²) in [4.78, 5) is 8.00. The van der Waals surface area contributed by atoms with Crippen molar-refractivity contribution in [3.05, 3.63) is 96.4 Å². The molecule has 13 heteroatoms. The minimum atomic E-state index is -3.74. The lowest BCUT2D eigenvalue weighted by atomic mass is 9.97. The largest absolute Gasteiger partial charge is 0.387 e. The zero-order valence-corrected chi connectivity index (χ0v) is 26.2. The summed E-state index contributed by atoms with van der Waals surface area (Å²) in [6.07, 6.45) is 2.30. The Balaban J connectivity index is 1.31. The minimum absolute atomic E-state index is 0.164. The van der Waals surface area contributed by atoms with E-state index in [2.05, 4.69) is 24.7 Å². The van der Waals surface area contributed by atoms with Crippen LogP contribution in [0, 0.1) is 0 Å². The van der Waals surface area contributed by atoms with Gasteiger partial charge < -0.3 is 15.4 Å². The molecule has 4 rings (SSSR count). The average molecular weight is 627 g/mol. The van der Waals surface area contributed by atoms with Crippen LogP contribution in [0.15, 0.2) is 90.0 Å². The standard InChI is InChI=1S/C30H38N6O5S2/c1-30(2,18-17-29-32-20-27(34-29)22-13-15-25(16-14-22)36(4)43(40,41)31-3)33-21-28(37)23-9-8-10-24(19-23)35-42(38,39)26-11-6-5-7-12-26/h5-16,19-20,28,31,33,35,37H,17-18,21H2,1-4H3,(H,32,34). The molecular weight excluding hydrogens is 589 g/mol. The molecule has 43 heavy (non-hydrogen) atoms. The van der Waals surface area contributed by atoms with Crippen LogP contribution in [0.25, 0.3) is 11.3 Å². The van der Waals surface area contributed by atoms with Crippen molar-refractivity contribution in [3.63, 3.8) is 0 Å². The summed E-state index contributed by atoms with van der Waals surface area (Å²) in [6.45, 7) is 4.36. The van der Waals surface area contributed by atoms with Crippen molar-refractivity contribution in [2.45, 2.75) is 43.2 Å². The van der Waals surface area contributed by atoms with Gasteiger partial charge in [-0.15, -0.1) is 0 Å². The summed E-state index contributed by atoms with van der Waals surface area (Å²) in [5.41, 5.74) is 2.88. The summed E-state index contributed by atoms with van der Waals surface area (Å²) < 4.78 is 55.4. The second-order valence-electron chi connectivity index (χ2n) is 10.8. The molecular formula is C30H38N6O5S2. The number of nitrogens with one attached hydrogen (secondary N) is 4. The lowest BCUT2D eigenvalue weighted by Crippen LogP contribution is -2.42. The third kappa shape index (κ3) is 8.42. The highest BCUT2D eigenvalue weighted by Crippen LogP contribution is 2.24. The van der Waals surface area contributed by atoms with Crippen molar-refractivity contribution in [3.8, 4) is 11.3 Å². The number of rotatable bonds is 14. The number of sulfonamides is 1. The molecule has 0 spiro atoms. The minimum Gasteiger partial charge on any atom is -0.387 e. The van der Waals surface area contributed by atoms with E-state index in [-0.39, 0.29) is 17.0 Å². The first-order valence-electron chi connectivity index (χ1n) is 13.7. The molecule has 0 aliphatic rings. The predicted octanol–water partition coefficient (Wildman–Crippen LogP) is 3.81. The fourth-order valence-electron chi connectivity index (χ4n) is 4.40. The van der Waals surface area contributed by atoms with Crippen LogP contribution in [0.2, 0.25) is 0 Å². The molecule has 0 aliphatic heterocycles. The highest BCUT2D eigenvalue weighted by atomic mass is 32.2. The summed E-state index contributed by atoms with van der Waals surface area (Å²) in [6, 6.07) is 22.0. The molecule has 5 N–H and O–H groups in total. The number of aryl methyl sites for hydroxylation is 1. The lowest BCUT2D eigenvalue weighted by Gasteiger charge is -2.28. The SMILES string of the molecule is CNS(=O)(=O)N(C)c1ccc(-c2cnc(CCC(C)(C)NCC(O)c3cccc(NS(=O)(=O)c4ccccc4)c3)[nH]2)cc1. The van der Waals surface area contributed by atoms with Gasteiger partial charge in [-0.3, -0.25) is 9.03 Å². The van der Waals surface area contributed by atoms with Crippen molar-refractivity contribution in [2.24, 2.45) is 0 Å². The van der Waals surface area contributed by atoms with Crippen molar-refractivity contribution in [1.29, 1.82) is 0 Å². The van der Waals surface area contributed by atoms with E-state index >= 15 is 0 Å². The number of benzene rings is 3. The van der Waals surface area contributed by atoms with E-state index in [9.17, 15) is 21.9 Å². The Kier molecular flexibility index (Phi) is 9.93. The van der Waals surface area contributed by atoms with Crippen LogP contribution < -0.4 is 19.1 Å². The fourth-order valence-corrected chi connectivity index (χ4v) is 6.14. The molecule has 0 saturated heterocycles. The van der Waals surface area contributed by atoms with Crippen LogP contribution >= 0.6 is 0 Å². The number of aliphatic hydroxyl groups is 1. The molecule has 0 fully saturated rings. The van der Waals surface area contributed by atoms with Crippen molar-refractivity contribution in [2.75, 3.05) is 29.7 Å². The molecule has 3 aromatic carbocycles. The van der Waals surface area contributed by atoms with E-state index in [1.807, 2.05) is 26.0 Å². The van der Waals surface area contributed by atoms with Crippen LogP contribution in [0.5, 0.6) is 0 Å². The molecule has 11 nitrogen and oxygen atoms in total. The molecule has 1 unspecified atom stereocenters. The number of H-pyrrole nitrogens is 1. The second kappa shape index (κ2) is 13.3. The Labute approximate surface area is 253 Å². The van der Waals surface area contributed by atoms with E-state index in [4.69, 9.17) is 0 Å². The Morgan fingerprint density at radius 2 is 1.67 bits per heavy atom. The van der Waals surface area contributed by atoms with Crippen molar-refractivity contribution >= 4 is 31.6 Å². The maximum absolute atomic E-state index is 12.7. The number of imidazole rings is 1. The van der Waals surface area contributed by atoms with Crippen LogP contribution in [0.1, 0.15) is 37.8 Å². The first kappa shape index (κ1) is 32.2. The Morgan fingerprint density at radius 1 is 0.977 bits per heavy atom. The number of aliphatic hydroxyl groups excluding tert-OH is 1. The van der Waals surface area contributed by atoms with Gasteiger partial charge in [0.1, 0.15) is 5.82 Å². The van der Waals surface area contributed by atoms with E-state index in [1.54, 1.807) is 60.8 Å². The highest BCUT2D eigenvalue weighted by molar-refractivity contribution is 7.92. The van der Waals surface area contributed by atoms with Crippen LogP contribution in [0.3, 0.4) is 0 Å². The molecule has 0 saturated carbocycles. The maximum atomic E-state index is 12.7. The zero-order chi connectivity index (χ0) is 31.3. The quantitative estimate of drug-likeness (QED) is 0.142. The van der Waals surface area contributed by atoms with E-state index < -0.39 is 26.3 Å². The number of aromatic amines is 1. The summed E-state index contributed by atoms with van der Waals surface area (Å²) >= 11 is 0. The van der Waals surface area contributed by atoms with Gasteiger partial charge in [-0.05, 0) is 67.8 Å². The monoisotopic (exact) mass is 626 g/mol. The third-order valence-corrected chi connectivity index (χ3v) is 9.97. The van der Waals surface area contributed by atoms with Crippen molar-refractivity contribution < 1.29 is 21.9 Å². The highest BCUT2D eigenvalue weighted by Gasteiger charge is 2.21. The predicted molar refractivity (Wildman–Crippen MR) is 169 cm³/mol. The van der Waals surface area contributed by atoms with E-state index in [0.29, 0.717) is 23.4 Å². The number of anilines is 2. The number of hydrogen-bond donors (Lipinski definition) is 5.